The number of halogens is 5. The first-order valence-electron chi connectivity index (χ1n) is 15.5. The number of benzene rings is 5. The molecule has 2 bridgehead atoms. The van der Waals surface area contributed by atoms with Gasteiger partial charge < -0.3 is 0 Å². The molecular formula is C40H24Cl2F3NO3. The van der Waals surface area contributed by atoms with Crippen molar-refractivity contribution in [2.45, 2.75) is 17.0 Å². The van der Waals surface area contributed by atoms with Gasteiger partial charge in [0.05, 0.1) is 33.9 Å². The maximum absolute atomic E-state index is 15.9. The summed E-state index contributed by atoms with van der Waals surface area (Å²) in [5.74, 6) is -4.49. The van der Waals surface area contributed by atoms with E-state index in [4.69, 9.17) is 23.2 Å². The fourth-order valence-corrected chi connectivity index (χ4v) is 8.69. The zero-order chi connectivity index (χ0) is 34.3. The molecule has 3 aliphatic rings. The van der Waals surface area contributed by atoms with Crippen LogP contribution in [-0.4, -0.2) is 17.6 Å². The largest absolute Gasteiger partial charge is 0.416 e. The third-order valence-electron chi connectivity index (χ3n) is 10.1. The number of ketones is 1. The monoisotopic (exact) mass is 693 g/mol. The molecule has 5 aromatic carbocycles. The molecule has 9 heteroatoms. The highest BCUT2D eigenvalue weighted by molar-refractivity contribution is 6.39. The number of Topliss-reactive ketones (excluding diaryl/α,β-unsaturated/α-hetero) is 1. The predicted molar refractivity (Wildman–Crippen MR) is 182 cm³/mol. The second-order valence-corrected chi connectivity index (χ2v) is 13.3. The van der Waals surface area contributed by atoms with E-state index in [1.54, 1.807) is 48.5 Å². The van der Waals surface area contributed by atoms with Gasteiger partial charge in [-0.05, 0) is 75.9 Å². The third kappa shape index (κ3) is 4.22. The van der Waals surface area contributed by atoms with E-state index < -0.39 is 46.2 Å². The summed E-state index contributed by atoms with van der Waals surface area (Å²) in [4.78, 5) is 46.7. The highest BCUT2D eigenvalue weighted by Crippen LogP contribution is 2.74. The van der Waals surface area contributed by atoms with E-state index in [1.165, 1.54) is 12.1 Å². The number of anilines is 1. The Kier molecular flexibility index (Phi) is 7.04. The summed E-state index contributed by atoms with van der Waals surface area (Å²) in [5, 5.41) is 0.800. The maximum Gasteiger partial charge on any atom is 0.416 e. The lowest BCUT2D eigenvalue weighted by Crippen LogP contribution is -2.45. The number of carbonyl (C=O) groups excluding carboxylic acids is 3. The summed E-state index contributed by atoms with van der Waals surface area (Å²) in [6.45, 7) is 0. The first-order valence-corrected chi connectivity index (χ1v) is 16.3. The molecular weight excluding hydrogens is 670 g/mol. The predicted octanol–water partition coefficient (Wildman–Crippen LogP) is 9.20. The summed E-state index contributed by atoms with van der Waals surface area (Å²) >= 11 is 12.7. The Labute approximate surface area is 289 Å². The van der Waals surface area contributed by atoms with E-state index in [0.717, 1.165) is 17.0 Å². The number of allylic oxidation sites excluding steroid dienone is 2. The van der Waals surface area contributed by atoms with Crippen LogP contribution in [0.15, 0.2) is 133 Å². The summed E-state index contributed by atoms with van der Waals surface area (Å²) in [6, 6.07) is 35.9. The Bertz CT molecular complexity index is 2080. The van der Waals surface area contributed by atoms with Gasteiger partial charge >= 0.3 is 6.18 Å². The molecule has 0 N–H and O–H groups in total. The van der Waals surface area contributed by atoms with Crippen LogP contribution in [-0.2, 0) is 31.4 Å². The van der Waals surface area contributed by atoms with Crippen molar-refractivity contribution in [2.75, 3.05) is 4.90 Å². The van der Waals surface area contributed by atoms with Gasteiger partial charge in [0.15, 0.2) is 5.78 Å². The number of carbonyl (C=O) groups is 3. The van der Waals surface area contributed by atoms with Crippen LogP contribution in [0.3, 0.4) is 0 Å². The Hall–Kier alpha value is -4.98. The molecule has 1 aliphatic heterocycles. The lowest BCUT2D eigenvalue weighted by molar-refractivity contribution is -0.137. The number of amides is 2. The first-order chi connectivity index (χ1) is 23.5. The minimum atomic E-state index is -4.72. The molecule has 4 atom stereocenters. The molecule has 49 heavy (non-hydrogen) atoms. The summed E-state index contributed by atoms with van der Waals surface area (Å²) in [6.07, 6.45) is -4.72. The van der Waals surface area contributed by atoms with Gasteiger partial charge in [-0.2, -0.15) is 13.2 Å². The van der Waals surface area contributed by atoms with Crippen molar-refractivity contribution in [3.63, 3.8) is 0 Å². The molecule has 242 valence electrons. The van der Waals surface area contributed by atoms with Crippen molar-refractivity contribution in [3.8, 4) is 0 Å². The van der Waals surface area contributed by atoms with Crippen LogP contribution < -0.4 is 4.90 Å². The molecule has 2 aliphatic carbocycles. The van der Waals surface area contributed by atoms with E-state index in [2.05, 4.69) is 0 Å². The Balaban J connectivity index is 1.53. The van der Waals surface area contributed by atoms with Gasteiger partial charge in [0.1, 0.15) is 0 Å². The molecule has 5 aromatic rings. The van der Waals surface area contributed by atoms with Gasteiger partial charge in [0.25, 0.3) is 0 Å². The lowest BCUT2D eigenvalue weighted by atomic mass is 9.59. The summed E-state index contributed by atoms with van der Waals surface area (Å²) in [5.41, 5.74) is -1.36. The molecule has 0 aromatic heterocycles. The molecule has 4 nitrogen and oxygen atoms in total. The SMILES string of the molecule is O=C1[C@H]2[C@H](C(=O)N1c1cccc(C(F)(F)F)c1)[C@@]1(c3ccc(Cl)cc3)C(=O)[C@@]2(c2ccc(Cl)cc2)C(c2ccccc2)=C1c1ccccc1. The Morgan fingerprint density at radius 1 is 0.551 bits per heavy atom. The summed E-state index contributed by atoms with van der Waals surface area (Å²) < 4.78 is 41.7. The highest BCUT2D eigenvalue weighted by atomic mass is 35.5. The number of hydrogen-bond acceptors (Lipinski definition) is 3. The van der Waals surface area contributed by atoms with Crippen molar-refractivity contribution in [3.05, 3.63) is 171 Å². The first kappa shape index (κ1) is 31.3. The number of hydrogen-bond donors (Lipinski definition) is 0. The molecule has 2 fully saturated rings. The van der Waals surface area contributed by atoms with E-state index in [-0.39, 0.29) is 11.5 Å². The van der Waals surface area contributed by atoms with Crippen LogP contribution >= 0.6 is 23.2 Å². The van der Waals surface area contributed by atoms with E-state index >= 15 is 4.79 Å². The molecule has 1 saturated carbocycles. The standard InChI is InChI=1S/C40H24Cl2F3NO3/c41-28-18-14-25(15-19-28)38-31(23-8-3-1-4-9-23)32(24-10-5-2-6-11-24)39(37(38)49,26-16-20-29(42)21-17-26)34-33(38)35(47)46(36(34)48)30-13-7-12-27(22-30)40(43,44)45/h1-22,33-34H/t33-,34-,38+,39+/m1/s1. The Morgan fingerprint density at radius 3 is 1.39 bits per heavy atom. The van der Waals surface area contributed by atoms with Crippen molar-refractivity contribution in [1.29, 1.82) is 0 Å². The molecule has 0 radical (unpaired) electrons. The van der Waals surface area contributed by atoms with Crippen LogP contribution in [0.5, 0.6) is 0 Å². The fraction of sp³-hybridized carbons (Fsp3) is 0.125. The smallest absolute Gasteiger partial charge is 0.297 e. The van der Waals surface area contributed by atoms with Crippen molar-refractivity contribution in [2.24, 2.45) is 11.8 Å². The number of alkyl halides is 3. The van der Waals surface area contributed by atoms with Crippen LogP contribution in [0.25, 0.3) is 11.1 Å². The van der Waals surface area contributed by atoms with E-state index in [1.807, 2.05) is 60.7 Å². The van der Waals surface area contributed by atoms with Gasteiger partial charge in [0.2, 0.25) is 11.8 Å². The molecule has 0 spiro atoms. The zero-order valence-corrected chi connectivity index (χ0v) is 26.9. The lowest BCUT2D eigenvalue weighted by Gasteiger charge is -2.39. The second-order valence-electron chi connectivity index (χ2n) is 12.5. The Morgan fingerprint density at radius 2 is 0.980 bits per heavy atom. The highest BCUT2D eigenvalue weighted by Gasteiger charge is 2.82. The van der Waals surface area contributed by atoms with Crippen LogP contribution in [0.4, 0.5) is 18.9 Å². The maximum atomic E-state index is 15.9. The van der Waals surface area contributed by atoms with Crippen molar-refractivity contribution < 1.29 is 27.6 Å². The molecule has 0 unspecified atom stereocenters. The second kappa shape index (κ2) is 11.0. The topological polar surface area (TPSA) is 54.5 Å². The van der Waals surface area contributed by atoms with Gasteiger partial charge in [0, 0.05) is 10.0 Å². The quantitative estimate of drug-likeness (QED) is 0.173. The van der Waals surface area contributed by atoms with E-state index in [0.29, 0.717) is 43.4 Å². The number of fused-ring (bicyclic) bond motifs is 5. The van der Waals surface area contributed by atoms with Gasteiger partial charge in [-0.25, -0.2) is 4.90 Å². The van der Waals surface area contributed by atoms with Gasteiger partial charge in [-0.15, -0.1) is 0 Å². The minimum Gasteiger partial charge on any atom is -0.297 e. The van der Waals surface area contributed by atoms with Gasteiger partial charge in [-0.1, -0.05) is 114 Å². The zero-order valence-electron chi connectivity index (χ0n) is 25.4. The van der Waals surface area contributed by atoms with Crippen molar-refractivity contribution >= 4 is 57.6 Å². The molecule has 1 heterocycles. The molecule has 8 rings (SSSR count). The van der Waals surface area contributed by atoms with E-state index in [9.17, 15) is 22.8 Å². The van der Waals surface area contributed by atoms with Crippen LogP contribution in [0.2, 0.25) is 10.0 Å². The van der Waals surface area contributed by atoms with Crippen LogP contribution in [0.1, 0.15) is 27.8 Å². The number of imide groups is 1. The van der Waals surface area contributed by atoms with Gasteiger partial charge in [-0.3, -0.25) is 14.4 Å². The third-order valence-corrected chi connectivity index (χ3v) is 10.7. The minimum absolute atomic E-state index is 0.217. The average Bonchev–Trinajstić information content (AvgIpc) is 3.61. The number of nitrogens with zero attached hydrogens (tertiary/aromatic N) is 1. The summed E-state index contributed by atoms with van der Waals surface area (Å²) in [7, 11) is 0. The fourth-order valence-electron chi connectivity index (χ4n) is 8.43. The normalized spacial score (nSPS) is 24.6. The number of rotatable bonds is 5. The molecule has 2 amide bonds. The van der Waals surface area contributed by atoms with Crippen LogP contribution in [0, 0.1) is 11.8 Å². The van der Waals surface area contributed by atoms with Crippen molar-refractivity contribution in [1.82, 2.24) is 0 Å². The average molecular weight is 695 g/mol. The molecule has 1 saturated heterocycles.